The van der Waals surface area contributed by atoms with Gasteiger partial charge in [-0.1, -0.05) is 17.7 Å². The smallest absolute Gasteiger partial charge is 0.151 e. The van der Waals surface area contributed by atoms with Crippen molar-refractivity contribution in [2.75, 3.05) is 12.3 Å². The summed E-state index contributed by atoms with van der Waals surface area (Å²) in [6.45, 7) is 0.192. The molecule has 1 aromatic heterocycles. The van der Waals surface area contributed by atoms with Crippen molar-refractivity contribution in [1.29, 1.82) is 0 Å². The first-order valence-corrected chi connectivity index (χ1v) is 5.40. The maximum absolute atomic E-state index is 13.7. The molecule has 0 radical (unpaired) electrons. The first-order valence-electron chi connectivity index (χ1n) is 5.02. The van der Waals surface area contributed by atoms with Gasteiger partial charge in [0.15, 0.2) is 5.82 Å². The minimum absolute atomic E-state index is 0.0396. The van der Waals surface area contributed by atoms with E-state index in [1.165, 1.54) is 10.7 Å². The van der Waals surface area contributed by atoms with Crippen molar-refractivity contribution in [2.24, 2.45) is 0 Å². The molecule has 0 aliphatic carbocycles. The summed E-state index contributed by atoms with van der Waals surface area (Å²) in [6, 6.07) is 6.23. The van der Waals surface area contributed by atoms with Crippen LogP contribution in [0.5, 0.6) is 0 Å². The fourth-order valence-corrected chi connectivity index (χ4v) is 1.71. The normalized spacial score (nSPS) is 10.8. The Hall–Kier alpha value is -1.59. The van der Waals surface area contributed by atoms with E-state index in [9.17, 15) is 4.39 Å². The van der Waals surface area contributed by atoms with Crippen LogP contribution in [0.15, 0.2) is 24.3 Å². The summed E-state index contributed by atoms with van der Waals surface area (Å²) in [6.07, 6.45) is 0. The fourth-order valence-electron chi connectivity index (χ4n) is 1.54. The summed E-state index contributed by atoms with van der Waals surface area (Å²) in [5.74, 6) is -0.156. The van der Waals surface area contributed by atoms with E-state index in [-0.39, 0.29) is 18.2 Å². The molecule has 0 amide bonds. The van der Waals surface area contributed by atoms with Gasteiger partial charge in [0.1, 0.15) is 5.82 Å². The molecule has 0 bridgehead atoms. The van der Waals surface area contributed by atoms with Crippen molar-refractivity contribution in [1.82, 2.24) is 9.78 Å². The van der Waals surface area contributed by atoms with Gasteiger partial charge in [-0.25, -0.2) is 9.07 Å². The second-order valence-electron chi connectivity index (χ2n) is 3.50. The zero-order valence-corrected chi connectivity index (χ0v) is 9.65. The Morgan fingerprint density at radius 1 is 1.47 bits per heavy atom. The van der Waals surface area contributed by atoms with Gasteiger partial charge in [0.2, 0.25) is 0 Å². The van der Waals surface area contributed by atoms with Crippen LogP contribution < -0.4 is 5.73 Å². The van der Waals surface area contributed by atoms with Crippen LogP contribution in [0.4, 0.5) is 10.2 Å². The lowest BCUT2D eigenvalue weighted by Crippen LogP contribution is -2.07. The van der Waals surface area contributed by atoms with Gasteiger partial charge in [0.25, 0.3) is 0 Å². The summed E-state index contributed by atoms with van der Waals surface area (Å²) < 4.78 is 15.2. The summed E-state index contributed by atoms with van der Waals surface area (Å²) in [7, 11) is 0. The van der Waals surface area contributed by atoms with E-state index in [0.29, 0.717) is 17.1 Å². The number of aliphatic hydroxyl groups is 1. The molecule has 4 nitrogen and oxygen atoms in total. The Balaban J connectivity index is 2.46. The molecular weight excluding hydrogens is 245 g/mol. The van der Waals surface area contributed by atoms with E-state index in [0.717, 1.165) is 0 Å². The Kier molecular flexibility index (Phi) is 3.31. The van der Waals surface area contributed by atoms with Gasteiger partial charge in [0, 0.05) is 11.6 Å². The van der Waals surface area contributed by atoms with E-state index in [1.54, 1.807) is 18.2 Å². The maximum Gasteiger partial charge on any atom is 0.151 e. The van der Waals surface area contributed by atoms with Crippen LogP contribution >= 0.6 is 11.6 Å². The largest absolute Gasteiger partial charge is 0.394 e. The number of nitrogen functional groups attached to an aromatic ring is 1. The summed E-state index contributed by atoms with van der Waals surface area (Å²) in [4.78, 5) is 0. The van der Waals surface area contributed by atoms with Crippen molar-refractivity contribution in [2.45, 2.75) is 6.54 Å². The van der Waals surface area contributed by atoms with Gasteiger partial charge in [-0.2, -0.15) is 5.10 Å². The maximum atomic E-state index is 13.7. The van der Waals surface area contributed by atoms with Crippen molar-refractivity contribution >= 4 is 17.4 Å². The van der Waals surface area contributed by atoms with Crippen LogP contribution in [0.2, 0.25) is 5.02 Å². The molecule has 0 aliphatic heterocycles. The third-order valence-corrected chi connectivity index (χ3v) is 2.64. The minimum atomic E-state index is -0.525. The first kappa shape index (κ1) is 11.9. The predicted octanol–water partition coefficient (Wildman–Crippen LogP) is 1.92. The Labute approximate surface area is 102 Å². The molecule has 0 spiro atoms. The van der Waals surface area contributed by atoms with Crippen LogP contribution in [0.3, 0.4) is 0 Å². The van der Waals surface area contributed by atoms with Crippen LogP contribution in [-0.4, -0.2) is 21.5 Å². The topological polar surface area (TPSA) is 64.1 Å². The van der Waals surface area contributed by atoms with Crippen molar-refractivity contribution in [3.8, 4) is 11.3 Å². The van der Waals surface area contributed by atoms with Gasteiger partial charge < -0.3 is 10.8 Å². The zero-order chi connectivity index (χ0) is 12.4. The number of hydrogen-bond acceptors (Lipinski definition) is 3. The number of nitrogens with zero attached hydrogens (tertiary/aromatic N) is 2. The quantitative estimate of drug-likeness (QED) is 0.881. The van der Waals surface area contributed by atoms with Crippen LogP contribution in [0, 0.1) is 5.82 Å². The first-order chi connectivity index (χ1) is 8.13. The number of aliphatic hydroxyl groups excluding tert-OH is 1. The fraction of sp³-hybridized carbons (Fsp3) is 0.182. The highest BCUT2D eigenvalue weighted by atomic mass is 35.5. The molecule has 2 aromatic rings. The van der Waals surface area contributed by atoms with Crippen LogP contribution in [0.25, 0.3) is 11.3 Å². The van der Waals surface area contributed by atoms with Crippen molar-refractivity contribution in [3.05, 3.63) is 35.1 Å². The molecule has 17 heavy (non-hydrogen) atoms. The van der Waals surface area contributed by atoms with Gasteiger partial charge in [-0.3, -0.25) is 0 Å². The lowest BCUT2D eigenvalue weighted by molar-refractivity contribution is 0.270. The average molecular weight is 256 g/mol. The molecule has 0 unspecified atom stereocenters. The highest BCUT2D eigenvalue weighted by Crippen LogP contribution is 2.27. The van der Waals surface area contributed by atoms with Crippen molar-refractivity contribution < 1.29 is 9.50 Å². The van der Waals surface area contributed by atoms with Crippen LogP contribution in [-0.2, 0) is 6.54 Å². The highest BCUT2D eigenvalue weighted by Gasteiger charge is 2.13. The third kappa shape index (κ3) is 2.25. The predicted molar refractivity (Wildman–Crippen MR) is 64.1 cm³/mol. The molecule has 6 heteroatoms. The number of anilines is 1. The van der Waals surface area contributed by atoms with Crippen LogP contribution in [0.1, 0.15) is 0 Å². The van der Waals surface area contributed by atoms with Gasteiger partial charge in [-0.15, -0.1) is 0 Å². The lowest BCUT2D eigenvalue weighted by atomic mass is 10.1. The molecule has 1 heterocycles. The molecule has 0 atom stereocenters. The summed E-state index contributed by atoms with van der Waals surface area (Å²) >= 11 is 5.69. The Morgan fingerprint density at radius 2 is 2.24 bits per heavy atom. The standard InChI is InChI=1S/C11H11ClFN3O/c12-8-3-1-2-7(11(8)13)9-6-10(14)16(15-9)4-5-17/h1-3,6,17H,4-5,14H2. The summed E-state index contributed by atoms with van der Waals surface area (Å²) in [5, 5.41) is 13.0. The second-order valence-corrected chi connectivity index (χ2v) is 3.91. The number of hydrogen-bond donors (Lipinski definition) is 2. The molecule has 0 fully saturated rings. The number of aromatic nitrogens is 2. The van der Waals surface area contributed by atoms with Gasteiger partial charge in [-0.05, 0) is 12.1 Å². The SMILES string of the molecule is Nc1cc(-c2cccc(Cl)c2F)nn1CCO. The highest BCUT2D eigenvalue weighted by molar-refractivity contribution is 6.31. The molecule has 1 aromatic carbocycles. The van der Waals surface area contributed by atoms with E-state index < -0.39 is 5.82 Å². The Bertz CT molecular complexity index is 542. The average Bonchev–Trinajstić information content (AvgIpc) is 2.65. The number of rotatable bonds is 3. The lowest BCUT2D eigenvalue weighted by Gasteiger charge is -2.01. The molecule has 90 valence electrons. The van der Waals surface area contributed by atoms with E-state index in [1.807, 2.05) is 0 Å². The van der Waals surface area contributed by atoms with E-state index >= 15 is 0 Å². The molecule has 3 N–H and O–H groups in total. The summed E-state index contributed by atoms with van der Waals surface area (Å²) in [5.41, 5.74) is 6.38. The molecule has 0 saturated heterocycles. The number of benzene rings is 1. The van der Waals surface area contributed by atoms with E-state index in [2.05, 4.69) is 5.10 Å². The van der Waals surface area contributed by atoms with Gasteiger partial charge >= 0.3 is 0 Å². The van der Waals surface area contributed by atoms with Gasteiger partial charge in [0.05, 0.1) is 23.9 Å². The van der Waals surface area contributed by atoms with E-state index in [4.69, 9.17) is 22.4 Å². The monoisotopic (exact) mass is 255 g/mol. The minimum Gasteiger partial charge on any atom is -0.394 e. The second kappa shape index (κ2) is 4.73. The number of nitrogens with two attached hydrogens (primary N) is 1. The molecular formula is C11H11ClFN3O. The van der Waals surface area contributed by atoms with Crippen molar-refractivity contribution in [3.63, 3.8) is 0 Å². The zero-order valence-electron chi connectivity index (χ0n) is 8.90. The molecule has 0 aliphatic rings. The number of halogens is 2. The molecule has 2 rings (SSSR count). The third-order valence-electron chi connectivity index (χ3n) is 2.35. The molecule has 0 saturated carbocycles. The Morgan fingerprint density at radius 3 is 2.94 bits per heavy atom.